The molecule has 8 nitrogen and oxygen atoms in total. The topological polar surface area (TPSA) is 81.4 Å². The van der Waals surface area contributed by atoms with E-state index < -0.39 is 17.3 Å². The second-order valence-corrected chi connectivity index (χ2v) is 10.7. The number of nitriles is 1. The van der Waals surface area contributed by atoms with Crippen molar-refractivity contribution in [3.63, 3.8) is 0 Å². The third-order valence-electron chi connectivity index (χ3n) is 8.13. The molecule has 0 amide bonds. The van der Waals surface area contributed by atoms with Crippen molar-refractivity contribution in [3.05, 3.63) is 77.3 Å². The van der Waals surface area contributed by atoms with Gasteiger partial charge < -0.3 is 15.5 Å². The van der Waals surface area contributed by atoms with Gasteiger partial charge in [0.15, 0.2) is 5.82 Å². The standard InChI is InChI=1S/C30H33F2N7O/c1-30(38-11-2-3-27(38)24-18-23(31)6-7-25(24)32)9-8-29-35-20-28(39(29)36-30)21-4-5-22(19-33)26(17-21)34-10-12-37-13-15-40-16-14-37/h4-9,17-18,20,27,34,36H,2-3,10-16H2,1H3. The molecular weight excluding hydrogens is 512 g/mol. The molecule has 208 valence electrons. The number of hydrogen-bond donors (Lipinski definition) is 2. The van der Waals surface area contributed by atoms with Gasteiger partial charge in [-0.3, -0.25) is 9.80 Å². The Morgan fingerprint density at radius 2 is 2.02 bits per heavy atom. The number of nitrogens with zero attached hydrogens (tertiary/aromatic N) is 5. The van der Waals surface area contributed by atoms with E-state index in [-0.39, 0.29) is 6.04 Å². The first-order valence-electron chi connectivity index (χ1n) is 13.8. The maximum atomic E-state index is 14.8. The van der Waals surface area contributed by atoms with Crippen molar-refractivity contribution in [2.24, 2.45) is 0 Å². The zero-order chi connectivity index (χ0) is 27.7. The highest BCUT2D eigenvalue weighted by atomic mass is 19.1. The molecule has 3 aliphatic heterocycles. The Kier molecular flexibility index (Phi) is 7.27. The van der Waals surface area contributed by atoms with Crippen molar-refractivity contribution < 1.29 is 13.5 Å². The molecule has 2 aromatic carbocycles. The summed E-state index contributed by atoms with van der Waals surface area (Å²) in [5, 5.41) is 13.2. The van der Waals surface area contributed by atoms with E-state index in [9.17, 15) is 14.0 Å². The molecule has 2 unspecified atom stereocenters. The Balaban J connectivity index is 1.24. The highest BCUT2D eigenvalue weighted by Gasteiger charge is 2.41. The number of likely N-dealkylation sites (tertiary alicyclic amines) is 1. The van der Waals surface area contributed by atoms with Crippen LogP contribution in [0.4, 0.5) is 14.5 Å². The predicted octanol–water partition coefficient (Wildman–Crippen LogP) is 4.57. The van der Waals surface area contributed by atoms with E-state index in [0.29, 0.717) is 17.7 Å². The summed E-state index contributed by atoms with van der Waals surface area (Å²) in [6, 6.07) is 11.4. The van der Waals surface area contributed by atoms with Gasteiger partial charge in [0.25, 0.3) is 0 Å². The first-order chi connectivity index (χ1) is 19.4. The van der Waals surface area contributed by atoms with Gasteiger partial charge in [-0.25, -0.2) is 18.4 Å². The summed E-state index contributed by atoms with van der Waals surface area (Å²) in [6.45, 7) is 7.70. The molecule has 6 rings (SSSR count). The Morgan fingerprint density at radius 1 is 1.18 bits per heavy atom. The largest absolute Gasteiger partial charge is 0.383 e. The second kappa shape index (κ2) is 11.0. The normalized spacial score (nSPS) is 23.0. The Morgan fingerprint density at radius 3 is 2.85 bits per heavy atom. The van der Waals surface area contributed by atoms with Crippen molar-refractivity contribution in [2.75, 3.05) is 56.7 Å². The number of anilines is 1. The summed E-state index contributed by atoms with van der Waals surface area (Å²) in [7, 11) is 0. The molecule has 2 N–H and O–H groups in total. The van der Waals surface area contributed by atoms with E-state index in [1.807, 2.05) is 48.1 Å². The number of morpholine rings is 1. The van der Waals surface area contributed by atoms with Crippen LogP contribution in [0.3, 0.4) is 0 Å². The van der Waals surface area contributed by atoms with Crippen LogP contribution >= 0.6 is 0 Å². The zero-order valence-corrected chi connectivity index (χ0v) is 22.5. The zero-order valence-electron chi connectivity index (χ0n) is 22.5. The molecule has 3 aliphatic rings. The third kappa shape index (κ3) is 5.08. The van der Waals surface area contributed by atoms with E-state index in [2.05, 4.69) is 31.6 Å². The molecule has 0 aliphatic carbocycles. The third-order valence-corrected chi connectivity index (χ3v) is 8.13. The number of ether oxygens (including phenoxy) is 1. The van der Waals surface area contributed by atoms with Crippen LogP contribution in [-0.4, -0.2) is 71.1 Å². The van der Waals surface area contributed by atoms with Crippen LogP contribution in [0.2, 0.25) is 0 Å². The van der Waals surface area contributed by atoms with E-state index in [0.717, 1.165) is 81.1 Å². The fourth-order valence-electron chi connectivity index (χ4n) is 6.00. The first kappa shape index (κ1) is 26.4. The minimum absolute atomic E-state index is 0.261. The predicted molar refractivity (Wildman–Crippen MR) is 150 cm³/mol. The van der Waals surface area contributed by atoms with Crippen molar-refractivity contribution in [2.45, 2.75) is 31.5 Å². The molecule has 2 saturated heterocycles. The van der Waals surface area contributed by atoms with Gasteiger partial charge in [-0.2, -0.15) is 5.26 Å². The molecule has 0 spiro atoms. The number of benzene rings is 2. The van der Waals surface area contributed by atoms with E-state index in [4.69, 9.17) is 4.74 Å². The molecule has 2 fully saturated rings. The van der Waals surface area contributed by atoms with Crippen molar-refractivity contribution in [1.29, 1.82) is 5.26 Å². The van der Waals surface area contributed by atoms with Crippen LogP contribution in [0.25, 0.3) is 17.3 Å². The number of fused-ring (bicyclic) bond motifs is 1. The number of hydrogen-bond acceptors (Lipinski definition) is 7. The lowest BCUT2D eigenvalue weighted by atomic mass is 10.0. The van der Waals surface area contributed by atoms with Crippen LogP contribution < -0.4 is 10.7 Å². The van der Waals surface area contributed by atoms with Crippen LogP contribution in [0, 0.1) is 23.0 Å². The summed E-state index contributed by atoms with van der Waals surface area (Å²) >= 11 is 0. The lowest BCUT2D eigenvalue weighted by Gasteiger charge is -2.43. The molecule has 0 saturated carbocycles. The summed E-state index contributed by atoms with van der Waals surface area (Å²) in [6.07, 6.45) is 7.42. The average Bonchev–Trinajstić information content (AvgIpc) is 3.63. The Hall–Kier alpha value is -3.78. The fraction of sp³-hybridized carbons (Fsp3) is 0.400. The van der Waals surface area contributed by atoms with Crippen LogP contribution in [0.15, 0.2) is 48.7 Å². The maximum absolute atomic E-state index is 14.8. The number of halogens is 2. The monoisotopic (exact) mass is 545 g/mol. The number of nitrogens with one attached hydrogen (secondary N) is 2. The highest BCUT2D eigenvalue weighted by molar-refractivity contribution is 5.71. The van der Waals surface area contributed by atoms with Crippen LogP contribution in [-0.2, 0) is 4.74 Å². The lowest BCUT2D eigenvalue weighted by molar-refractivity contribution is 0.0398. The number of aromatic nitrogens is 2. The molecule has 10 heteroatoms. The fourth-order valence-corrected chi connectivity index (χ4v) is 6.00. The molecule has 2 atom stereocenters. The van der Waals surface area contributed by atoms with Crippen LogP contribution in [0.5, 0.6) is 0 Å². The molecule has 0 radical (unpaired) electrons. The second-order valence-electron chi connectivity index (χ2n) is 10.7. The lowest BCUT2D eigenvalue weighted by Crippen LogP contribution is -2.55. The Labute approximate surface area is 232 Å². The van der Waals surface area contributed by atoms with E-state index in [1.54, 1.807) is 0 Å². The summed E-state index contributed by atoms with van der Waals surface area (Å²) in [4.78, 5) is 9.14. The van der Waals surface area contributed by atoms with Gasteiger partial charge in [0.2, 0.25) is 0 Å². The minimum Gasteiger partial charge on any atom is -0.383 e. The van der Waals surface area contributed by atoms with Gasteiger partial charge in [0.05, 0.1) is 36.4 Å². The number of imidazole rings is 1. The minimum atomic E-state index is -0.659. The molecular formula is C30H33F2N7O. The smallest absolute Gasteiger partial charge is 0.151 e. The number of rotatable bonds is 7. The first-order valence-corrected chi connectivity index (χ1v) is 13.8. The van der Waals surface area contributed by atoms with Gasteiger partial charge in [0.1, 0.15) is 23.4 Å². The maximum Gasteiger partial charge on any atom is 0.151 e. The van der Waals surface area contributed by atoms with Gasteiger partial charge in [-0.05, 0) is 62.2 Å². The van der Waals surface area contributed by atoms with Gasteiger partial charge in [0, 0.05) is 49.9 Å². The molecule has 40 heavy (non-hydrogen) atoms. The van der Waals surface area contributed by atoms with Gasteiger partial charge >= 0.3 is 0 Å². The van der Waals surface area contributed by atoms with E-state index >= 15 is 0 Å². The average molecular weight is 546 g/mol. The van der Waals surface area contributed by atoms with E-state index in [1.165, 1.54) is 12.1 Å². The molecule has 1 aromatic heterocycles. The highest BCUT2D eigenvalue weighted by Crippen LogP contribution is 2.40. The Bertz CT molecular complexity index is 1460. The summed E-state index contributed by atoms with van der Waals surface area (Å²) in [5.41, 5.74) is 6.44. The summed E-state index contributed by atoms with van der Waals surface area (Å²) < 4.78 is 36.2. The van der Waals surface area contributed by atoms with Crippen molar-refractivity contribution in [1.82, 2.24) is 19.5 Å². The van der Waals surface area contributed by atoms with Crippen molar-refractivity contribution >= 4 is 11.8 Å². The molecule has 3 aromatic rings. The SMILES string of the molecule is CC1(N2CCCC2c2cc(F)ccc2F)C=Cc2ncc(-c3ccc(C#N)c(NCCN4CCOCC4)c3)n2N1. The quantitative estimate of drug-likeness (QED) is 0.450. The summed E-state index contributed by atoms with van der Waals surface area (Å²) in [5.74, 6) is -0.0850. The molecule has 4 heterocycles. The van der Waals surface area contributed by atoms with Crippen LogP contribution in [0.1, 0.15) is 42.8 Å². The van der Waals surface area contributed by atoms with Gasteiger partial charge in [-0.15, -0.1) is 0 Å². The molecule has 0 bridgehead atoms. The van der Waals surface area contributed by atoms with Crippen molar-refractivity contribution in [3.8, 4) is 17.3 Å². The van der Waals surface area contributed by atoms with Gasteiger partial charge in [-0.1, -0.05) is 6.07 Å².